The van der Waals surface area contributed by atoms with E-state index in [1.807, 2.05) is 0 Å². The van der Waals surface area contributed by atoms with Crippen LogP contribution in [0.3, 0.4) is 0 Å². The minimum Gasteiger partial charge on any atom is -0.494 e. The van der Waals surface area contributed by atoms with Gasteiger partial charge in [0.05, 0.1) is 13.2 Å². The van der Waals surface area contributed by atoms with Gasteiger partial charge >= 0.3 is 11.9 Å². The maximum absolute atomic E-state index is 12.6. The molecule has 1 aliphatic rings. The molecule has 6 N–H and O–H groups in total. The predicted octanol–water partition coefficient (Wildman–Crippen LogP) is 0.199. The Balaban J connectivity index is 1.58. The highest BCUT2D eigenvalue weighted by Gasteiger charge is 2.45. The largest absolute Gasteiger partial charge is 0.494 e. The van der Waals surface area contributed by atoms with Crippen LogP contribution < -0.4 is 15.8 Å². The number of aliphatic carboxylic acids is 2. The standard InChI is InChI=1S/C23H24N4O8/c24-16(22(30)31)10-11-35-15-8-6-13(7-9-15)18(26-34)20(28)25-17-12-27(21(17)29)19(23(32)33)14-4-2-1-3-5-14/h1-9,16-17,19,34H,10-12,24H2,(H,25,28)(H,30,31)(H,32,33)/b26-18-. The number of amides is 2. The maximum atomic E-state index is 12.6. The summed E-state index contributed by atoms with van der Waals surface area (Å²) in [5.41, 5.74) is 5.72. The van der Waals surface area contributed by atoms with Gasteiger partial charge in [0, 0.05) is 12.0 Å². The molecule has 0 saturated carbocycles. The number of ether oxygens (including phenoxy) is 1. The summed E-state index contributed by atoms with van der Waals surface area (Å²) in [4.78, 5) is 48.8. The van der Waals surface area contributed by atoms with E-state index in [0.717, 1.165) is 4.90 Å². The first-order valence-corrected chi connectivity index (χ1v) is 10.6. The van der Waals surface area contributed by atoms with E-state index in [1.165, 1.54) is 24.3 Å². The van der Waals surface area contributed by atoms with Crippen molar-refractivity contribution in [3.05, 3.63) is 65.7 Å². The number of nitrogens with one attached hydrogen (secondary N) is 1. The molecule has 12 heteroatoms. The number of oxime groups is 1. The first kappa shape index (κ1) is 25.2. The summed E-state index contributed by atoms with van der Waals surface area (Å²) in [5, 5.41) is 33.2. The molecule has 184 valence electrons. The molecule has 0 aliphatic carbocycles. The first-order valence-electron chi connectivity index (χ1n) is 10.6. The average molecular weight is 484 g/mol. The SMILES string of the molecule is NC(CCOc1ccc(/C(=N/O)C(=O)NC2CN(C(C(=O)O)c3ccccc3)C2=O)cc1)C(=O)O. The van der Waals surface area contributed by atoms with Crippen LogP contribution in [0.15, 0.2) is 59.8 Å². The zero-order valence-electron chi connectivity index (χ0n) is 18.4. The number of nitrogens with two attached hydrogens (primary N) is 1. The molecule has 1 fully saturated rings. The summed E-state index contributed by atoms with van der Waals surface area (Å²) in [6.07, 6.45) is 0.0995. The number of carboxylic acid groups (broad SMARTS) is 2. The van der Waals surface area contributed by atoms with E-state index >= 15 is 0 Å². The molecular formula is C23H24N4O8. The van der Waals surface area contributed by atoms with Crippen molar-refractivity contribution in [3.63, 3.8) is 0 Å². The van der Waals surface area contributed by atoms with Gasteiger partial charge in [0.2, 0.25) is 5.91 Å². The van der Waals surface area contributed by atoms with Crippen molar-refractivity contribution in [2.75, 3.05) is 13.2 Å². The van der Waals surface area contributed by atoms with Gasteiger partial charge in [-0.1, -0.05) is 35.5 Å². The lowest BCUT2D eigenvalue weighted by Gasteiger charge is -2.42. The Morgan fingerprint density at radius 1 is 1.09 bits per heavy atom. The van der Waals surface area contributed by atoms with Crippen molar-refractivity contribution in [3.8, 4) is 5.75 Å². The Morgan fingerprint density at radius 3 is 2.29 bits per heavy atom. The molecule has 0 radical (unpaired) electrons. The highest BCUT2D eigenvalue weighted by atomic mass is 16.5. The Kier molecular flexibility index (Phi) is 8.00. The van der Waals surface area contributed by atoms with Gasteiger partial charge in [-0.2, -0.15) is 0 Å². The van der Waals surface area contributed by atoms with E-state index in [2.05, 4.69) is 10.5 Å². The van der Waals surface area contributed by atoms with Gasteiger partial charge in [0.1, 0.15) is 17.8 Å². The molecule has 1 saturated heterocycles. The van der Waals surface area contributed by atoms with Gasteiger partial charge < -0.3 is 36.1 Å². The van der Waals surface area contributed by atoms with Crippen molar-refractivity contribution in [2.24, 2.45) is 10.9 Å². The fourth-order valence-electron chi connectivity index (χ4n) is 3.48. The Hall–Kier alpha value is -4.45. The molecule has 1 heterocycles. The zero-order valence-corrected chi connectivity index (χ0v) is 18.4. The lowest BCUT2D eigenvalue weighted by Crippen LogP contribution is -2.66. The number of β-lactam (4-membered cyclic amide) rings is 1. The molecule has 0 aromatic heterocycles. The van der Waals surface area contributed by atoms with Crippen LogP contribution in [0.1, 0.15) is 23.6 Å². The highest BCUT2D eigenvalue weighted by molar-refractivity contribution is 6.45. The molecule has 2 amide bonds. The van der Waals surface area contributed by atoms with Crippen LogP contribution in [0.5, 0.6) is 5.75 Å². The lowest BCUT2D eigenvalue weighted by molar-refractivity contribution is -0.160. The fourth-order valence-corrected chi connectivity index (χ4v) is 3.48. The van der Waals surface area contributed by atoms with Gasteiger partial charge in [-0.3, -0.25) is 14.4 Å². The Bertz CT molecular complexity index is 1120. The topological polar surface area (TPSA) is 192 Å². The Labute approximate surface area is 199 Å². The fraction of sp³-hybridized carbons (Fsp3) is 0.261. The quantitative estimate of drug-likeness (QED) is 0.128. The molecule has 3 rings (SSSR count). The number of hydrogen-bond acceptors (Lipinski definition) is 8. The number of carbonyl (C=O) groups is 4. The molecule has 3 atom stereocenters. The minimum absolute atomic E-state index is 0.0274. The van der Waals surface area contributed by atoms with Crippen LogP contribution in [0, 0.1) is 0 Å². The van der Waals surface area contributed by atoms with Crippen LogP contribution in [0.4, 0.5) is 0 Å². The molecular weight excluding hydrogens is 460 g/mol. The normalized spacial score (nSPS) is 17.2. The van der Waals surface area contributed by atoms with E-state index in [4.69, 9.17) is 15.6 Å². The van der Waals surface area contributed by atoms with Crippen LogP contribution in [0.25, 0.3) is 0 Å². The number of likely N-dealkylation sites (tertiary alicyclic amines) is 1. The third kappa shape index (κ3) is 5.92. The summed E-state index contributed by atoms with van der Waals surface area (Å²) in [5.74, 6) is -3.34. The van der Waals surface area contributed by atoms with Crippen LogP contribution in [-0.4, -0.2) is 75.0 Å². The smallest absolute Gasteiger partial charge is 0.331 e. The Morgan fingerprint density at radius 2 is 1.74 bits per heavy atom. The number of carbonyl (C=O) groups excluding carboxylic acids is 2. The number of carboxylic acids is 2. The van der Waals surface area contributed by atoms with Gasteiger partial charge in [-0.25, -0.2) is 4.79 Å². The van der Waals surface area contributed by atoms with Crippen LogP contribution in [0.2, 0.25) is 0 Å². The molecule has 3 unspecified atom stereocenters. The molecule has 1 aliphatic heterocycles. The number of hydrogen-bond donors (Lipinski definition) is 5. The first-order chi connectivity index (χ1) is 16.7. The second-order valence-corrected chi connectivity index (χ2v) is 7.72. The van der Waals surface area contributed by atoms with E-state index in [-0.39, 0.29) is 30.8 Å². The van der Waals surface area contributed by atoms with Gasteiger partial charge in [-0.05, 0) is 29.8 Å². The molecule has 2 aromatic rings. The molecule has 2 aromatic carbocycles. The van der Waals surface area contributed by atoms with Crippen molar-refractivity contribution < 1.29 is 39.3 Å². The summed E-state index contributed by atoms with van der Waals surface area (Å²) < 4.78 is 5.41. The van der Waals surface area contributed by atoms with Crippen molar-refractivity contribution in [2.45, 2.75) is 24.5 Å². The maximum Gasteiger partial charge on any atom is 0.331 e. The average Bonchev–Trinajstić information content (AvgIpc) is 2.84. The van der Waals surface area contributed by atoms with Crippen molar-refractivity contribution in [1.29, 1.82) is 0 Å². The summed E-state index contributed by atoms with van der Waals surface area (Å²) >= 11 is 0. The predicted molar refractivity (Wildman–Crippen MR) is 121 cm³/mol. The molecule has 0 bridgehead atoms. The third-order valence-corrected chi connectivity index (χ3v) is 5.38. The van der Waals surface area contributed by atoms with Gasteiger partial charge in [0.25, 0.3) is 5.91 Å². The molecule has 12 nitrogen and oxygen atoms in total. The summed E-state index contributed by atoms with van der Waals surface area (Å²) in [6, 6.07) is 11.0. The number of rotatable bonds is 11. The van der Waals surface area contributed by atoms with Gasteiger partial charge in [0.15, 0.2) is 11.8 Å². The second kappa shape index (κ2) is 11.1. The van der Waals surface area contributed by atoms with Crippen molar-refractivity contribution >= 4 is 29.5 Å². The molecule has 35 heavy (non-hydrogen) atoms. The minimum atomic E-state index is -1.20. The van der Waals surface area contributed by atoms with E-state index in [1.54, 1.807) is 30.3 Å². The van der Waals surface area contributed by atoms with E-state index in [9.17, 15) is 29.5 Å². The van der Waals surface area contributed by atoms with Gasteiger partial charge in [-0.15, -0.1) is 0 Å². The summed E-state index contributed by atoms with van der Waals surface area (Å²) in [7, 11) is 0. The second-order valence-electron chi connectivity index (χ2n) is 7.72. The van der Waals surface area contributed by atoms with Crippen LogP contribution in [-0.2, 0) is 19.2 Å². The third-order valence-electron chi connectivity index (χ3n) is 5.38. The number of benzene rings is 2. The van der Waals surface area contributed by atoms with Crippen molar-refractivity contribution in [1.82, 2.24) is 10.2 Å². The van der Waals surface area contributed by atoms with E-state index in [0.29, 0.717) is 11.3 Å². The summed E-state index contributed by atoms with van der Waals surface area (Å²) in [6.45, 7) is 0.0370. The monoisotopic (exact) mass is 484 g/mol. The highest BCUT2D eigenvalue weighted by Crippen LogP contribution is 2.27. The van der Waals surface area contributed by atoms with E-state index < -0.39 is 41.9 Å². The number of nitrogens with zero attached hydrogens (tertiary/aromatic N) is 2. The zero-order chi connectivity index (χ0) is 25.5. The molecule has 0 spiro atoms. The van der Waals surface area contributed by atoms with Crippen LogP contribution >= 0.6 is 0 Å². The lowest BCUT2D eigenvalue weighted by atomic mass is 9.98.